The molecule has 1 saturated heterocycles. The molecule has 6 rings (SSSR count). The van der Waals surface area contributed by atoms with Gasteiger partial charge < -0.3 is 10.1 Å². The maximum absolute atomic E-state index is 13.4. The molecule has 0 saturated carbocycles. The third kappa shape index (κ3) is 5.28. The fourth-order valence-corrected chi connectivity index (χ4v) is 5.21. The van der Waals surface area contributed by atoms with Crippen LogP contribution in [0.4, 0.5) is 13.2 Å². The number of aliphatic hydroxyl groups is 1. The van der Waals surface area contributed by atoms with E-state index in [1.807, 2.05) is 31.3 Å². The van der Waals surface area contributed by atoms with Gasteiger partial charge in [0.1, 0.15) is 6.61 Å². The Morgan fingerprint density at radius 1 is 1.14 bits per heavy atom. The molecular weight excluding hydrogens is 467 g/mol. The summed E-state index contributed by atoms with van der Waals surface area (Å²) in [6.07, 6.45) is 2.57. The highest BCUT2D eigenvalue weighted by Crippen LogP contribution is 2.31. The van der Waals surface area contributed by atoms with Crippen LogP contribution < -0.4 is 0 Å². The van der Waals surface area contributed by atoms with E-state index in [0.717, 1.165) is 48.2 Å². The Labute approximate surface area is 208 Å². The van der Waals surface area contributed by atoms with Crippen molar-refractivity contribution in [3.05, 3.63) is 65.5 Å². The molecule has 0 amide bonds. The number of aliphatic hydroxyl groups excluding tert-OH is 1. The normalized spacial score (nSPS) is 19.2. The topological polar surface area (TPSA) is 71.2 Å². The third-order valence-corrected chi connectivity index (χ3v) is 7.22. The molecule has 2 aromatic heterocycles. The van der Waals surface area contributed by atoms with Crippen molar-refractivity contribution < 1.29 is 18.3 Å². The lowest BCUT2D eigenvalue weighted by molar-refractivity contribution is -0.0819. The van der Waals surface area contributed by atoms with Gasteiger partial charge in [0.05, 0.1) is 24.9 Å². The Bertz CT molecular complexity index is 1310. The van der Waals surface area contributed by atoms with Crippen LogP contribution in [-0.4, -0.2) is 75.0 Å². The van der Waals surface area contributed by atoms with Gasteiger partial charge in [0.25, 0.3) is 5.92 Å². The van der Waals surface area contributed by atoms with Crippen LogP contribution in [0.2, 0.25) is 0 Å². The van der Waals surface area contributed by atoms with Crippen molar-refractivity contribution in [1.29, 1.82) is 0 Å². The minimum Gasteiger partial charge on any atom is -0.390 e. The Morgan fingerprint density at radius 3 is 2.72 bits per heavy atom. The molecule has 36 heavy (non-hydrogen) atoms. The van der Waals surface area contributed by atoms with Gasteiger partial charge >= 0.3 is 0 Å². The van der Waals surface area contributed by atoms with Crippen LogP contribution in [0.25, 0.3) is 21.8 Å². The zero-order chi connectivity index (χ0) is 25.3. The fourth-order valence-electron chi connectivity index (χ4n) is 5.21. The summed E-state index contributed by atoms with van der Waals surface area (Å²) in [7, 11) is 0. The zero-order valence-corrected chi connectivity index (χ0v) is 20.4. The molecule has 4 heterocycles. The molecule has 0 bridgehead atoms. The Kier molecular flexibility index (Phi) is 7.05. The van der Waals surface area contributed by atoms with Gasteiger partial charge in [0, 0.05) is 60.1 Å². The molecular formula is C27H32F3N5O. The number of halogens is 3. The highest BCUT2D eigenvalue weighted by molar-refractivity contribution is 5.85. The first kappa shape index (κ1) is 24.8. The van der Waals surface area contributed by atoms with Gasteiger partial charge in [-0.2, -0.15) is 5.10 Å². The molecule has 3 N–H and O–H groups in total. The summed E-state index contributed by atoms with van der Waals surface area (Å²) < 4.78 is 39.1. The minimum atomic E-state index is -3.04. The number of nitrogens with zero attached hydrogens (tertiary/aromatic N) is 3. The van der Waals surface area contributed by atoms with Gasteiger partial charge in [-0.15, -0.1) is 0 Å². The van der Waals surface area contributed by atoms with Crippen molar-refractivity contribution in [3.8, 4) is 0 Å². The van der Waals surface area contributed by atoms with Gasteiger partial charge in [0.15, 0.2) is 0 Å². The summed E-state index contributed by atoms with van der Waals surface area (Å²) >= 11 is 0. The molecule has 1 atom stereocenters. The van der Waals surface area contributed by atoms with Crippen molar-refractivity contribution in [2.45, 2.75) is 38.4 Å². The number of alkyl halides is 3. The van der Waals surface area contributed by atoms with E-state index in [1.165, 1.54) is 16.5 Å². The van der Waals surface area contributed by atoms with Gasteiger partial charge in [-0.05, 0) is 36.6 Å². The Morgan fingerprint density at radius 2 is 1.94 bits per heavy atom. The van der Waals surface area contributed by atoms with Crippen LogP contribution in [0.15, 0.2) is 48.7 Å². The summed E-state index contributed by atoms with van der Waals surface area (Å²) in [5.74, 6) is -2.78. The Hall–Kier alpha value is -2.88. The maximum atomic E-state index is 13.4. The van der Waals surface area contributed by atoms with Crippen molar-refractivity contribution in [2.24, 2.45) is 5.92 Å². The van der Waals surface area contributed by atoms with Crippen LogP contribution in [0.5, 0.6) is 0 Å². The number of aromatic nitrogens is 3. The number of nitrogens with one attached hydrogen (secondary N) is 2. The van der Waals surface area contributed by atoms with Crippen molar-refractivity contribution in [1.82, 2.24) is 25.0 Å². The number of likely N-dealkylation sites (tertiary alicyclic amines) is 1. The lowest BCUT2D eigenvalue weighted by Gasteiger charge is -2.37. The third-order valence-electron chi connectivity index (χ3n) is 7.22. The summed E-state index contributed by atoms with van der Waals surface area (Å²) in [6.45, 7) is 3.42. The lowest BCUT2D eigenvalue weighted by atomic mass is 9.97. The molecule has 4 aromatic rings. The minimum absolute atomic E-state index is 0.0409. The monoisotopic (exact) mass is 499 g/mol. The molecule has 0 spiro atoms. The number of rotatable bonds is 6. The van der Waals surface area contributed by atoms with Crippen molar-refractivity contribution in [2.75, 3.05) is 32.9 Å². The average Bonchev–Trinajstić information content (AvgIpc) is 3.45. The van der Waals surface area contributed by atoms with E-state index in [2.05, 4.69) is 44.3 Å². The molecule has 1 fully saturated rings. The van der Waals surface area contributed by atoms with Gasteiger partial charge in [0.2, 0.25) is 0 Å². The van der Waals surface area contributed by atoms with E-state index < -0.39 is 19.1 Å². The summed E-state index contributed by atoms with van der Waals surface area (Å²) in [4.78, 5) is 7.32. The maximum Gasteiger partial charge on any atom is 0.283 e. The standard InChI is InChI=1S/C15H18F2N2O.C12H14FN3/c1-10-6-12-11-4-2-3-5-13(11)18-14(12)7-19(10)8-15(16,17)9-20;13-4-10-7-16(8-10)6-9-1-2-11-5-14-15-12(11)3-9/h2-5,10,18,20H,6-9H2,1H3;1-3,5,10H,4,6-8H2,(H,14,15). The molecule has 6 nitrogen and oxygen atoms in total. The van der Waals surface area contributed by atoms with Crippen LogP contribution in [0, 0.1) is 5.92 Å². The second-order valence-corrected chi connectivity index (χ2v) is 10.1. The quantitative estimate of drug-likeness (QED) is 0.365. The second-order valence-electron chi connectivity index (χ2n) is 10.1. The van der Waals surface area contributed by atoms with E-state index in [4.69, 9.17) is 5.11 Å². The lowest BCUT2D eigenvalue weighted by Crippen LogP contribution is -2.46. The van der Waals surface area contributed by atoms with Gasteiger partial charge in [-0.1, -0.05) is 30.3 Å². The van der Waals surface area contributed by atoms with E-state index in [1.54, 1.807) is 4.90 Å². The fraction of sp³-hybridized carbons (Fsp3) is 0.444. The van der Waals surface area contributed by atoms with E-state index in [9.17, 15) is 13.2 Å². The number of benzene rings is 2. The number of hydrogen-bond donors (Lipinski definition) is 3. The van der Waals surface area contributed by atoms with Crippen molar-refractivity contribution >= 4 is 21.8 Å². The first-order valence-corrected chi connectivity index (χ1v) is 12.4. The number of para-hydroxylation sites is 1. The smallest absolute Gasteiger partial charge is 0.283 e. The van der Waals surface area contributed by atoms with Crippen molar-refractivity contribution in [3.63, 3.8) is 0 Å². The molecule has 2 aliphatic rings. The van der Waals surface area contributed by atoms with E-state index in [0.29, 0.717) is 6.54 Å². The average molecular weight is 500 g/mol. The molecule has 2 aromatic carbocycles. The predicted molar refractivity (Wildman–Crippen MR) is 135 cm³/mol. The molecule has 9 heteroatoms. The molecule has 1 unspecified atom stereocenters. The van der Waals surface area contributed by atoms with Gasteiger partial charge in [-0.3, -0.25) is 19.3 Å². The SMILES string of the molecule is CC1Cc2c([nH]c3ccccc23)CN1CC(F)(F)CO.FCC1CN(Cc2ccc3cn[nH]c3c2)C1. The number of hydrogen-bond acceptors (Lipinski definition) is 4. The summed E-state index contributed by atoms with van der Waals surface area (Å²) in [6, 6.07) is 14.4. The molecule has 0 aliphatic carbocycles. The molecule has 192 valence electrons. The summed E-state index contributed by atoms with van der Waals surface area (Å²) in [5.41, 5.74) is 5.63. The highest BCUT2D eigenvalue weighted by Gasteiger charge is 2.35. The zero-order valence-electron chi connectivity index (χ0n) is 20.4. The van der Waals surface area contributed by atoms with E-state index in [-0.39, 0.29) is 18.6 Å². The highest BCUT2D eigenvalue weighted by atomic mass is 19.3. The van der Waals surface area contributed by atoms with E-state index >= 15 is 0 Å². The number of fused-ring (bicyclic) bond motifs is 4. The summed E-state index contributed by atoms with van der Waals surface area (Å²) in [5, 5.41) is 18.0. The van der Waals surface area contributed by atoms with Crippen LogP contribution >= 0.6 is 0 Å². The first-order valence-electron chi connectivity index (χ1n) is 12.4. The van der Waals surface area contributed by atoms with Gasteiger partial charge in [-0.25, -0.2) is 8.78 Å². The second kappa shape index (κ2) is 10.2. The first-order chi connectivity index (χ1) is 17.3. The predicted octanol–water partition coefficient (Wildman–Crippen LogP) is 4.51. The number of H-pyrrole nitrogens is 2. The van der Waals surface area contributed by atoms with Crippen LogP contribution in [-0.2, 0) is 19.5 Å². The largest absolute Gasteiger partial charge is 0.390 e. The number of aromatic amines is 2. The van der Waals surface area contributed by atoms with Crippen LogP contribution in [0.1, 0.15) is 23.7 Å². The molecule has 2 aliphatic heterocycles. The molecule has 0 radical (unpaired) electrons. The Balaban J connectivity index is 0.000000152. The van der Waals surface area contributed by atoms with Crippen LogP contribution in [0.3, 0.4) is 0 Å².